The maximum absolute atomic E-state index is 11.8. The van der Waals surface area contributed by atoms with Crippen molar-refractivity contribution < 1.29 is 19.1 Å². The van der Waals surface area contributed by atoms with E-state index in [4.69, 9.17) is 4.74 Å². The van der Waals surface area contributed by atoms with Crippen molar-refractivity contribution in [1.29, 1.82) is 0 Å². The van der Waals surface area contributed by atoms with Crippen LogP contribution in [0.25, 0.3) is 10.2 Å². The van der Waals surface area contributed by atoms with Crippen LogP contribution >= 0.6 is 23.1 Å². The number of thiazole rings is 1. The monoisotopic (exact) mass is 352 g/mol. The van der Waals surface area contributed by atoms with E-state index in [1.54, 1.807) is 36.7 Å². The maximum Gasteiger partial charge on any atom is 0.338 e. The van der Waals surface area contributed by atoms with E-state index in [1.165, 1.54) is 18.3 Å². The fourth-order valence-electron chi connectivity index (χ4n) is 1.88. The van der Waals surface area contributed by atoms with Crippen LogP contribution in [-0.4, -0.2) is 33.9 Å². The normalized spacial score (nSPS) is 11.7. The molecule has 0 aliphatic rings. The molecule has 0 spiro atoms. The number of fused-ring (bicyclic) bond motifs is 1. The van der Waals surface area contributed by atoms with Crippen LogP contribution in [0, 0.1) is 0 Å². The average Bonchev–Trinajstić information content (AvgIpc) is 2.81. The Bertz CT molecular complexity index is 836. The van der Waals surface area contributed by atoms with Gasteiger partial charge in [0.05, 0.1) is 28.1 Å². The zero-order valence-corrected chi connectivity index (χ0v) is 14.6. The Morgan fingerprint density at radius 1 is 1.35 bits per heavy atom. The second-order valence-corrected chi connectivity index (χ2v) is 6.79. The van der Waals surface area contributed by atoms with Gasteiger partial charge in [0.2, 0.25) is 0 Å². The Labute approximate surface area is 141 Å². The van der Waals surface area contributed by atoms with Gasteiger partial charge in [-0.25, -0.2) is 4.79 Å². The second kappa shape index (κ2) is 7.56. The number of rotatable bonds is 4. The number of amides is 1. The molecule has 2 rings (SSSR count). The highest BCUT2D eigenvalue weighted by Gasteiger charge is 2.11. The van der Waals surface area contributed by atoms with Crippen LogP contribution in [0.2, 0.25) is 0 Å². The van der Waals surface area contributed by atoms with Crippen molar-refractivity contribution in [3.63, 3.8) is 0 Å². The zero-order valence-electron chi connectivity index (χ0n) is 13.0. The molecule has 122 valence electrons. The third-order valence-corrected chi connectivity index (χ3v) is 4.83. The molecule has 0 fully saturated rings. The Kier molecular flexibility index (Phi) is 5.73. The van der Waals surface area contributed by atoms with Gasteiger partial charge in [-0.3, -0.25) is 9.59 Å². The van der Waals surface area contributed by atoms with Crippen LogP contribution in [0.5, 0.6) is 0 Å². The van der Waals surface area contributed by atoms with Crippen LogP contribution in [0.3, 0.4) is 0 Å². The summed E-state index contributed by atoms with van der Waals surface area (Å²) in [5.74, 6) is -0.715. The lowest BCUT2D eigenvalue weighted by molar-refractivity contribution is -0.116. The average molecular weight is 352 g/mol. The van der Waals surface area contributed by atoms with Gasteiger partial charge < -0.3 is 9.30 Å². The molecular weight excluding hydrogens is 336 g/mol. The molecule has 0 radical (unpaired) electrons. The highest BCUT2D eigenvalue weighted by molar-refractivity contribution is 8.14. The highest BCUT2D eigenvalue weighted by Crippen LogP contribution is 2.19. The van der Waals surface area contributed by atoms with Crippen molar-refractivity contribution >= 4 is 50.3 Å². The van der Waals surface area contributed by atoms with E-state index in [0.29, 0.717) is 17.0 Å². The number of ether oxygens (including phenoxy) is 1. The summed E-state index contributed by atoms with van der Waals surface area (Å²) in [6.07, 6.45) is 0. The third kappa shape index (κ3) is 4.29. The minimum absolute atomic E-state index is 0.0255. The SMILES string of the molecule is CCOC(=O)c1ccc2c(c1)sc(=NC(=O)CSC(C)=O)n2C. The van der Waals surface area contributed by atoms with E-state index < -0.39 is 0 Å². The third-order valence-electron chi connectivity index (χ3n) is 2.94. The van der Waals surface area contributed by atoms with Gasteiger partial charge >= 0.3 is 5.97 Å². The highest BCUT2D eigenvalue weighted by atomic mass is 32.2. The lowest BCUT2D eigenvalue weighted by atomic mass is 10.2. The first-order chi connectivity index (χ1) is 10.9. The molecule has 0 N–H and O–H groups in total. The summed E-state index contributed by atoms with van der Waals surface area (Å²) in [4.78, 5) is 39.0. The quantitative estimate of drug-likeness (QED) is 0.788. The Hall–Kier alpha value is -1.93. The number of carbonyl (C=O) groups excluding carboxylic acids is 3. The topological polar surface area (TPSA) is 77.7 Å². The van der Waals surface area contributed by atoms with Gasteiger partial charge in [-0.15, -0.1) is 0 Å². The number of hydrogen-bond acceptors (Lipinski definition) is 6. The van der Waals surface area contributed by atoms with Gasteiger partial charge in [-0.1, -0.05) is 23.1 Å². The standard InChI is InChI=1S/C15H16N2O4S2/c1-4-21-14(20)10-5-6-11-12(7-10)23-15(17(11)3)16-13(19)8-22-9(2)18/h5-7H,4,8H2,1-3H3. The molecular formula is C15H16N2O4S2. The Balaban J connectivity index is 2.35. The first kappa shape index (κ1) is 17.4. The van der Waals surface area contributed by atoms with Crippen molar-refractivity contribution in [3.05, 3.63) is 28.6 Å². The summed E-state index contributed by atoms with van der Waals surface area (Å²) in [7, 11) is 1.80. The summed E-state index contributed by atoms with van der Waals surface area (Å²) >= 11 is 2.24. The number of nitrogens with zero attached hydrogens (tertiary/aromatic N) is 2. The van der Waals surface area contributed by atoms with Crippen molar-refractivity contribution in [3.8, 4) is 0 Å². The van der Waals surface area contributed by atoms with Crippen LogP contribution < -0.4 is 4.80 Å². The molecule has 1 heterocycles. The lowest BCUT2D eigenvalue weighted by Crippen LogP contribution is -2.14. The molecule has 0 bridgehead atoms. The van der Waals surface area contributed by atoms with Crippen molar-refractivity contribution in [2.24, 2.45) is 12.0 Å². The lowest BCUT2D eigenvalue weighted by Gasteiger charge is -2.01. The van der Waals surface area contributed by atoms with Crippen LogP contribution in [0.4, 0.5) is 0 Å². The number of esters is 1. The fraction of sp³-hybridized carbons (Fsp3) is 0.333. The molecule has 6 nitrogen and oxygen atoms in total. The number of hydrogen-bond donors (Lipinski definition) is 0. The molecule has 0 aliphatic heterocycles. The molecule has 1 amide bonds. The molecule has 0 unspecified atom stereocenters. The predicted molar refractivity (Wildman–Crippen MR) is 90.5 cm³/mol. The molecule has 23 heavy (non-hydrogen) atoms. The summed E-state index contributed by atoms with van der Waals surface area (Å²) in [6, 6.07) is 5.21. The van der Waals surface area contributed by atoms with E-state index in [1.807, 2.05) is 0 Å². The van der Waals surface area contributed by atoms with Gasteiger partial charge in [0.15, 0.2) is 9.92 Å². The van der Waals surface area contributed by atoms with Crippen molar-refractivity contribution in [1.82, 2.24) is 4.57 Å². The molecule has 0 saturated carbocycles. The first-order valence-electron chi connectivity index (χ1n) is 6.90. The van der Waals surface area contributed by atoms with E-state index in [2.05, 4.69) is 4.99 Å². The van der Waals surface area contributed by atoms with Gasteiger partial charge in [0.1, 0.15) is 0 Å². The second-order valence-electron chi connectivity index (χ2n) is 4.63. The van der Waals surface area contributed by atoms with Gasteiger partial charge in [0, 0.05) is 14.0 Å². The molecule has 0 saturated heterocycles. The summed E-state index contributed by atoms with van der Waals surface area (Å²) < 4.78 is 7.60. The summed E-state index contributed by atoms with van der Waals surface area (Å²) in [5.41, 5.74) is 1.33. The molecule has 0 aliphatic carbocycles. The smallest absolute Gasteiger partial charge is 0.338 e. The largest absolute Gasteiger partial charge is 0.462 e. The number of thioether (sulfide) groups is 1. The van der Waals surface area contributed by atoms with E-state index in [9.17, 15) is 14.4 Å². The van der Waals surface area contributed by atoms with Gasteiger partial charge in [0.25, 0.3) is 5.91 Å². The zero-order chi connectivity index (χ0) is 17.0. The number of carbonyl (C=O) groups is 3. The van der Waals surface area contributed by atoms with Crippen molar-refractivity contribution in [2.45, 2.75) is 13.8 Å². The number of benzene rings is 1. The van der Waals surface area contributed by atoms with Gasteiger partial charge in [-0.05, 0) is 25.1 Å². The Morgan fingerprint density at radius 3 is 2.74 bits per heavy atom. The minimum atomic E-state index is -0.377. The van der Waals surface area contributed by atoms with Crippen LogP contribution in [-0.2, 0) is 21.4 Å². The maximum atomic E-state index is 11.8. The minimum Gasteiger partial charge on any atom is -0.462 e. The first-order valence-corrected chi connectivity index (χ1v) is 8.70. The van der Waals surface area contributed by atoms with E-state index in [-0.39, 0.29) is 22.7 Å². The van der Waals surface area contributed by atoms with Crippen LogP contribution in [0.15, 0.2) is 23.2 Å². The predicted octanol–water partition coefficient (Wildman–Crippen LogP) is 2.12. The summed E-state index contributed by atoms with van der Waals surface area (Å²) in [6.45, 7) is 3.48. The molecule has 0 atom stereocenters. The molecule has 2 aromatic rings. The Morgan fingerprint density at radius 2 is 2.09 bits per heavy atom. The van der Waals surface area contributed by atoms with E-state index in [0.717, 1.165) is 22.0 Å². The van der Waals surface area contributed by atoms with Crippen molar-refractivity contribution in [2.75, 3.05) is 12.4 Å². The fourth-order valence-corrected chi connectivity index (χ4v) is 3.35. The molecule has 1 aromatic heterocycles. The molecule has 1 aromatic carbocycles. The number of aromatic nitrogens is 1. The summed E-state index contributed by atoms with van der Waals surface area (Å²) in [5, 5.41) is -0.117. The van der Waals surface area contributed by atoms with Crippen LogP contribution in [0.1, 0.15) is 24.2 Å². The number of aryl methyl sites for hydroxylation is 1. The van der Waals surface area contributed by atoms with Gasteiger partial charge in [-0.2, -0.15) is 4.99 Å². The molecule has 8 heteroatoms. The van der Waals surface area contributed by atoms with E-state index >= 15 is 0 Å².